The van der Waals surface area contributed by atoms with Gasteiger partial charge in [-0.25, -0.2) is 0 Å². The van der Waals surface area contributed by atoms with Crippen molar-refractivity contribution in [1.82, 2.24) is 5.32 Å². The normalized spacial score (nSPS) is 14.1. The van der Waals surface area contributed by atoms with Crippen molar-refractivity contribution < 1.29 is 14.6 Å². The van der Waals surface area contributed by atoms with Gasteiger partial charge in [-0.2, -0.15) is 0 Å². The molecule has 0 saturated carbocycles. The highest BCUT2D eigenvalue weighted by molar-refractivity contribution is 6.32. The van der Waals surface area contributed by atoms with Crippen LogP contribution in [0.5, 0.6) is 11.5 Å². The van der Waals surface area contributed by atoms with Gasteiger partial charge in [-0.3, -0.25) is 0 Å². The lowest BCUT2D eigenvalue weighted by molar-refractivity contribution is 0.283. The average molecular weight is 300 g/mol. The molecule has 0 unspecified atom stereocenters. The molecule has 0 spiro atoms. The highest BCUT2D eigenvalue weighted by Crippen LogP contribution is 2.37. The maximum Gasteiger partial charge on any atom is 0.179 e. The van der Waals surface area contributed by atoms with Crippen LogP contribution in [0.2, 0.25) is 5.02 Å². The molecular formula is C15H22ClNO3. The van der Waals surface area contributed by atoms with Gasteiger partial charge in [0.05, 0.1) is 18.2 Å². The first kappa shape index (κ1) is 15.4. The van der Waals surface area contributed by atoms with Crippen LogP contribution < -0.4 is 14.8 Å². The van der Waals surface area contributed by atoms with E-state index in [2.05, 4.69) is 5.32 Å². The van der Waals surface area contributed by atoms with Crippen LogP contribution >= 0.6 is 11.6 Å². The fraction of sp³-hybridized carbons (Fsp3) is 0.600. The predicted octanol–water partition coefficient (Wildman–Crippen LogP) is 2.75. The quantitative estimate of drug-likeness (QED) is 0.760. The topological polar surface area (TPSA) is 50.7 Å². The first-order chi connectivity index (χ1) is 9.81. The maximum atomic E-state index is 8.71. The van der Waals surface area contributed by atoms with E-state index < -0.39 is 0 Å². The second-order valence-corrected chi connectivity index (χ2v) is 5.32. The standard InChI is InChI=1S/C15H22ClNO3/c16-13-9-12(11-17-5-2-1-3-6-18)10-14-15(13)20-8-4-7-19-14/h9-10,17-18H,1-8,11H2. The minimum atomic E-state index is 0.276. The highest BCUT2D eigenvalue weighted by Gasteiger charge is 2.15. The van der Waals surface area contributed by atoms with Crippen molar-refractivity contribution in [3.05, 3.63) is 22.7 Å². The van der Waals surface area contributed by atoms with Crippen LogP contribution in [0.1, 0.15) is 31.2 Å². The number of aliphatic hydroxyl groups excluding tert-OH is 1. The second-order valence-electron chi connectivity index (χ2n) is 4.92. The molecule has 1 aromatic carbocycles. The first-order valence-corrected chi connectivity index (χ1v) is 7.58. The largest absolute Gasteiger partial charge is 0.489 e. The van der Waals surface area contributed by atoms with E-state index in [0.29, 0.717) is 24.0 Å². The fourth-order valence-electron chi connectivity index (χ4n) is 2.16. The summed E-state index contributed by atoms with van der Waals surface area (Å²) in [5.41, 5.74) is 1.10. The van der Waals surface area contributed by atoms with E-state index in [1.165, 1.54) is 0 Å². The molecule has 0 radical (unpaired) electrons. The number of hydrogen-bond donors (Lipinski definition) is 2. The number of benzene rings is 1. The molecule has 0 aromatic heterocycles. The van der Waals surface area contributed by atoms with Crippen LogP contribution in [0, 0.1) is 0 Å². The SMILES string of the molecule is OCCCCCNCc1cc(Cl)c2c(c1)OCCCO2. The Bertz CT molecular complexity index is 426. The van der Waals surface area contributed by atoms with E-state index in [9.17, 15) is 0 Å². The lowest BCUT2D eigenvalue weighted by atomic mass is 10.2. The van der Waals surface area contributed by atoms with Gasteiger partial charge in [0, 0.05) is 19.6 Å². The number of hydrogen-bond acceptors (Lipinski definition) is 4. The summed E-state index contributed by atoms with van der Waals surface area (Å²) in [6, 6.07) is 3.92. The summed E-state index contributed by atoms with van der Waals surface area (Å²) in [7, 11) is 0. The molecule has 4 nitrogen and oxygen atoms in total. The molecule has 2 rings (SSSR count). The zero-order valence-corrected chi connectivity index (χ0v) is 12.4. The summed E-state index contributed by atoms with van der Waals surface area (Å²) in [4.78, 5) is 0. The summed E-state index contributed by atoms with van der Waals surface area (Å²) in [6.07, 6.45) is 3.87. The number of aliphatic hydroxyl groups is 1. The molecular weight excluding hydrogens is 278 g/mol. The fourth-order valence-corrected chi connectivity index (χ4v) is 2.45. The van der Waals surface area contributed by atoms with Gasteiger partial charge in [-0.1, -0.05) is 11.6 Å². The smallest absolute Gasteiger partial charge is 0.179 e. The van der Waals surface area contributed by atoms with E-state index in [4.69, 9.17) is 26.2 Å². The Morgan fingerprint density at radius 1 is 1.15 bits per heavy atom. The van der Waals surface area contributed by atoms with Crippen molar-refractivity contribution in [3.63, 3.8) is 0 Å². The summed E-state index contributed by atoms with van der Waals surface area (Å²) < 4.78 is 11.3. The van der Waals surface area contributed by atoms with Gasteiger partial charge in [-0.15, -0.1) is 0 Å². The molecule has 1 aromatic rings. The Labute approximate surface area is 125 Å². The lowest BCUT2D eigenvalue weighted by Crippen LogP contribution is -2.14. The van der Waals surface area contributed by atoms with Crippen molar-refractivity contribution in [2.75, 3.05) is 26.4 Å². The second kappa shape index (κ2) is 8.35. The van der Waals surface area contributed by atoms with Crippen LogP contribution in [-0.4, -0.2) is 31.5 Å². The zero-order chi connectivity index (χ0) is 14.2. The first-order valence-electron chi connectivity index (χ1n) is 7.21. The van der Waals surface area contributed by atoms with Crippen molar-refractivity contribution in [2.45, 2.75) is 32.2 Å². The number of rotatable bonds is 7. The Hall–Kier alpha value is -0.970. The summed E-state index contributed by atoms with van der Waals surface area (Å²) in [5.74, 6) is 1.41. The third kappa shape index (κ3) is 4.54. The molecule has 112 valence electrons. The molecule has 1 heterocycles. The third-order valence-corrected chi connectivity index (χ3v) is 3.48. The minimum Gasteiger partial charge on any atom is -0.489 e. The van der Waals surface area contributed by atoms with Crippen molar-refractivity contribution in [1.29, 1.82) is 0 Å². The summed E-state index contributed by atoms with van der Waals surface area (Å²) >= 11 is 6.24. The predicted molar refractivity (Wildman–Crippen MR) is 79.7 cm³/mol. The molecule has 5 heteroatoms. The Morgan fingerprint density at radius 2 is 2.00 bits per heavy atom. The third-order valence-electron chi connectivity index (χ3n) is 3.20. The molecule has 0 fully saturated rings. The monoisotopic (exact) mass is 299 g/mol. The van der Waals surface area contributed by atoms with E-state index in [0.717, 1.165) is 50.1 Å². The lowest BCUT2D eigenvalue weighted by Gasteiger charge is -2.12. The maximum absolute atomic E-state index is 8.71. The van der Waals surface area contributed by atoms with Gasteiger partial charge in [-0.05, 0) is 43.5 Å². The van der Waals surface area contributed by atoms with E-state index in [1.807, 2.05) is 12.1 Å². The van der Waals surface area contributed by atoms with Gasteiger partial charge in [0.25, 0.3) is 0 Å². The minimum absolute atomic E-state index is 0.276. The summed E-state index contributed by atoms with van der Waals surface area (Å²) in [5, 5.41) is 12.7. The number of halogens is 1. The van der Waals surface area contributed by atoms with Crippen molar-refractivity contribution >= 4 is 11.6 Å². The highest BCUT2D eigenvalue weighted by atomic mass is 35.5. The van der Waals surface area contributed by atoms with Crippen LogP contribution in [0.4, 0.5) is 0 Å². The molecule has 0 atom stereocenters. The molecule has 1 aliphatic rings. The Morgan fingerprint density at radius 3 is 2.85 bits per heavy atom. The molecule has 0 amide bonds. The van der Waals surface area contributed by atoms with Gasteiger partial charge < -0.3 is 19.9 Å². The molecule has 1 aliphatic heterocycles. The number of nitrogens with one attached hydrogen (secondary N) is 1. The Kier molecular flexibility index (Phi) is 6.43. The van der Waals surface area contributed by atoms with Crippen LogP contribution in [0.15, 0.2) is 12.1 Å². The molecule has 0 bridgehead atoms. The molecule has 0 aliphatic carbocycles. The van der Waals surface area contributed by atoms with Gasteiger partial charge >= 0.3 is 0 Å². The van der Waals surface area contributed by atoms with Crippen molar-refractivity contribution in [3.8, 4) is 11.5 Å². The molecule has 20 heavy (non-hydrogen) atoms. The van der Waals surface area contributed by atoms with Crippen molar-refractivity contribution in [2.24, 2.45) is 0 Å². The van der Waals surface area contributed by atoms with E-state index >= 15 is 0 Å². The summed E-state index contributed by atoms with van der Waals surface area (Å²) in [6.45, 7) is 3.29. The van der Waals surface area contributed by atoms with Crippen LogP contribution in [-0.2, 0) is 6.54 Å². The van der Waals surface area contributed by atoms with Gasteiger partial charge in [0.15, 0.2) is 11.5 Å². The average Bonchev–Trinajstić information content (AvgIpc) is 2.68. The molecule has 0 saturated heterocycles. The Balaban J connectivity index is 1.86. The molecule has 2 N–H and O–H groups in total. The van der Waals surface area contributed by atoms with E-state index in [-0.39, 0.29) is 6.61 Å². The van der Waals surface area contributed by atoms with Gasteiger partial charge in [0.1, 0.15) is 0 Å². The number of fused-ring (bicyclic) bond motifs is 1. The number of unbranched alkanes of at least 4 members (excludes halogenated alkanes) is 2. The van der Waals surface area contributed by atoms with Crippen LogP contribution in [0.25, 0.3) is 0 Å². The zero-order valence-electron chi connectivity index (χ0n) is 11.7. The van der Waals surface area contributed by atoms with Gasteiger partial charge in [0.2, 0.25) is 0 Å². The number of ether oxygens (including phenoxy) is 2. The van der Waals surface area contributed by atoms with E-state index in [1.54, 1.807) is 0 Å². The van der Waals surface area contributed by atoms with Crippen LogP contribution in [0.3, 0.4) is 0 Å².